The van der Waals surface area contributed by atoms with Crippen LogP contribution in [0.5, 0.6) is 17.4 Å². The van der Waals surface area contributed by atoms with Gasteiger partial charge in [-0.1, -0.05) is 12.1 Å². The van der Waals surface area contributed by atoms with E-state index in [0.29, 0.717) is 29.9 Å². The summed E-state index contributed by atoms with van der Waals surface area (Å²) in [6.07, 6.45) is 0. The lowest BCUT2D eigenvalue weighted by Crippen LogP contribution is -2.00. The van der Waals surface area contributed by atoms with Crippen molar-refractivity contribution in [2.45, 2.75) is 26.7 Å². The zero-order valence-corrected chi connectivity index (χ0v) is 12.7. The molecule has 0 aliphatic carbocycles. The Labute approximate surface area is 124 Å². The standard InChI is InChI=1S/C16H18ClNO2/c1-4-19-14-7-5-6-8-15(14)20-16-13(10-17)11(2)9-12(3)18-16/h5-9H,4,10H2,1-3H3. The Bertz CT molecular complexity index is 599. The first-order valence-corrected chi connectivity index (χ1v) is 7.12. The van der Waals surface area contributed by atoms with Crippen LogP contribution >= 0.6 is 11.6 Å². The molecule has 106 valence electrons. The van der Waals surface area contributed by atoms with Gasteiger partial charge < -0.3 is 9.47 Å². The quantitative estimate of drug-likeness (QED) is 0.753. The van der Waals surface area contributed by atoms with E-state index in [9.17, 15) is 0 Å². The molecule has 0 amide bonds. The van der Waals surface area contributed by atoms with Crippen molar-refractivity contribution >= 4 is 11.6 Å². The first-order valence-electron chi connectivity index (χ1n) is 6.58. The highest BCUT2D eigenvalue weighted by atomic mass is 35.5. The summed E-state index contributed by atoms with van der Waals surface area (Å²) in [4.78, 5) is 4.44. The molecule has 0 unspecified atom stereocenters. The molecule has 1 heterocycles. The van der Waals surface area contributed by atoms with Gasteiger partial charge in [-0.15, -0.1) is 11.6 Å². The normalized spacial score (nSPS) is 10.4. The summed E-state index contributed by atoms with van der Waals surface area (Å²) in [6.45, 7) is 6.47. The summed E-state index contributed by atoms with van der Waals surface area (Å²) >= 11 is 6.01. The monoisotopic (exact) mass is 291 g/mol. The van der Waals surface area contributed by atoms with E-state index in [1.165, 1.54) is 0 Å². The predicted molar refractivity (Wildman–Crippen MR) is 81.0 cm³/mol. The number of nitrogens with zero attached hydrogens (tertiary/aromatic N) is 1. The number of hydrogen-bond acceptors (Lipinski definition) is 3. The highest BCUT2D eigenvalue weighted by Gasteiger charge is 2.12. The van der Waals surface area contributed by atoms with Crippen molar-refractivity contribution in [3.05, 3.63) is 47.2 Å². The first-order chi connectivity index (χ1) is 9.65. The van der Waals surface area contributed by atoms with E-state index in [1.807, 2.05) is 51.1 Å². The number of aromatic nitrogens is 1. The van der Waals surface area contributed by atoms with Crippen molar-refractivity contribution in [1.29, 1.82) is 0 Å². The van der Waals surface area contributed by atoms with E-state index in [-0.39, 0.29) is 0 Å². The second-order valence-electron chi connectivity index (χ2n) is 4.48. The summed E-state index contributed by atoms with van der Waals surface area (Å²) < 4.78 is 11.5. The summed E-state index contributed by atoms with van der Waals surface area (Å²) in [5.74, 6) is 2.27. The number of rotatable bonds is 5. The minimum atomic E-state index is 0.366. The molecule has 1 aromatic carbocycles. The average molecular weight is 292 g/mol. The minimum Gasteiger partial charge on any atom is -0.490 e. The Hall–Kier alpha value is -1.74. The van der Waals surface area contributed by atoms with Gasteiger partial charge in [-0.2, -0.15) is 0 Å². The Balaban J connectivity index is 2.39. The van der Waals surface area contributed by atoms with Gasteiger partial charge in [0.05, 0.1) is 12.5 Å². The lowest BCUT2D eigenvalue weighted by atomic mass is 10.1. The van der Waals surface area contributed by atoms with Crippen LogP contribution in [0, 0.1) is 13.8 Å². The van der Waals surface area contributed by atoms with Gasteiger partial charge in [0.15, 0.2) is 11.5 Å². The molecule has 0 bridgehead atoms. The molecule has 0 saturated carbocycles. The second-order valence-corrected chi connectivity index (χ2v) is 4.75. The van der Waals surface area contributed by atoms with Crippen LogP contribution in [-0.4, -0.2) is 11.6 Å². The van der Waals surface area contributed by atoms with Gasteiger partial charge in [0.1, 0.15) is 0 Å². The van der Waals surface area contributed by atoms with Crippen molar-refractivity contribution in [2.24, 2.45) is 0 Å². The SMILES string of the molecule is CCOc1ccccc1Oc1nc(C)cc(C)c1CCl. The van der Waals surface area contributed by atoms with Crippen LogP contribution in [0.4, 0.5) is 0 Å². The molecule has 1 aromatic heterocycles. The topological polar surface area (TPSA) is 31.4 Å². The van der Waals surface area contributed by atoms with Crippen LogP contribution in [0.2, 0.25) is 0 Å². The van der Waals surface area contributed by atoms with Gasteiger partial charge in [-0.3, -0.25) is 0 Å². The Morgan fingerprint density at radius 3 is 2.50 bits per heavy atom. The smallest absolute Gasteiger partial charge is 0.224 e. The zero-order valence-electron chi connectivity index (χ0n) is 11.9. The summed E-state index contributed by atoms with van der Waals surface area (Å²) in [5, 5.41) is 0. The van der Waals surface area contributed by atoms with Gasteiger partial charge in [-0.05, 0) is 44.5 Å². The maximum absolute atomic E-state index is 6.01. The van der Waals surface area contributed by atoms with E-state index in [4.69, 9.17) is 21.1 Å². The molecule has 20 heavy (non-hydrogen) atoms. The second kappa shape index (κ2) is 6.62. The Morgan fingerprint density at radius 2 is 1.85 bits per heavy atom. The largest absolute Gasteiger partial charge is 0.490 e. The molecular weight excluding hydrogens is 274 g/mol. The number of alkyl halides is 1. The summed E-state index contributed by atoms with van der Waals surface area (Å²) in [6, 6.07) is 9.55. The minimum absolute atomic E-state index is 0.366. The molecule has 0 N–H and O–H groups in total. The first kappa shape index (κ1) is 14.7. The van der Waals surface area contributed by atoms with Gasteiger partial charge >= 0.3 is 0 Å². The van der Waals surface area contributed by atoms with Gasteiger partial charge in [0.2, 0.25) is 5.88 Å². The van der Waals surface area contributed by atoms with E-state index in [2.05, 4.69) is 4.98 Å². The number of pyridine rings is 1. The van der Waals surface area contributed by atoms with Crippen molar-refractivity contribution in [3.63, 3.8) is 0 Å². The molecule has 2 rings (SSSR count). The predicted octanol–water partition coefficient (Wildman–Crippen LogP) is 4.63. The molecular formula is C16H18ClNO2. The number of aryl methyl sites for hydroxylation is 2. The molecule has 0 atom stereocenters. The maximum Gasteiger partial charge on any atom is 0.224 e. The average Bonchev–Trinajstić information content (AvgIpc) is 2.41. The number of hydrogen-bond donors (Lipinski definition) is 0. The Morgan fingerprint density at radius 1 is 1.15 bits per heavy atom. The third-order valence-electron chi connectivity index (χ3n) is 2.93. The van der Waals surface area contributed by atoms with Gasteiger partial charge in [0, 0.05) is 11.3 Å². The summed E-state index contributed by atoms with van der Waals surface area (Å²) in [7, 11) is 0. The highest BCUT2D eigenvalue weighted by molar-refractivity contribution is 6.17. The number of halogens is 1. The van der Waals surface area contributed by atoms with Crippen molar-refractivity contribution in [3.8, 4) is 17.4 Å². The van der Waals surface area contributed by atoms with Crippen LogP contribution in [0.1, 0.15) is 23.7 Å². The fourth-order valence-corrected chi connectivity index (χ4v) is 2.31. The third-order valence-corrected chi connectivity index (χ3v) is 3.19. The molecule has 0 radical (unpaired) electrons. The number of para-hydroxylation sites is 2. The van der Waals surface area contributed by atoms with E-state index >= 15 is 0 Å². The molecule has 0 fully saturated rings. The molecule has 0 saturated heterocycles. The molecule has 0 aliphatic heterocycles. The van der Waals surface area contributed by atoms with Gasteiger partial charge in [-0.25, -0.2) is 4.98 Å². The highest BCUT2D eigenvalue weighted by Crippen LogP contribution is 2.33. The molecule has 3 nitrogen and oxygen atoms in total. The van der Waals surface area contributed by atoms with Crippen LogP contribution < -0.4 is 9.47 Å². The van der Waals surface area contributed by atoms with Crippen molar-refractivity contribution in [2.75, 3.05) is 6.61 Å². The molecule has 2 aromatic rings. The van der Waals surface area contributed by atoms with E-state index < -0.39 is 0 Å². The van der Waals surface area contributed by atoms with Crippen LogP contribution in [0.25, 0.3) is 0 Å². The zero-order chi connectivity index (χ0) is 14.5. The van der Waals surface area contributed by atoms with E-state index in [0.717, 1.165) is 16.8 Å². The number of benzene rings is 1. The fraction of sp³-hybridized carbons (Fsp3) is 0.312. The van der Waals surface area contributed by atoms with Crippen LogP contribution in [-0.2, 0) is 5.88 Å². The van der Waals surface area contributed by atoms with Crippen LogP contribution in [0.3, 0.4) is 0 Å². The molecule has 0 spiro atoms. The third kappa shape index (κ3) is 3.23. The molecule has 0 aliphatic rings. The van der Waals surface area contributed by atoms with E-state index in [1.54, 1.807) is 0 Å². The maximum atomic E-state index is 6.01. The lowest BCUT2D eigenvalue weighted by molar-refractivity contribution is 0.319. The lowest BCUT2D eigenvalue weighted by Gasteiger charge is -2.14. The molecule has 4 heteroatoms. The van der Waals surface area contributed by atoms with Crippen molar-refractivity contribution < 1.29 is 9.47 Å². The Kier molecular flexibility index (Phi) is 4.85. The fourth-order valence-electron chi connectivity index (χ4n) is 1.99. The number of ether oxygens (including phenoxy) is 2. The summed E-state index contributed by atoms with van der Waals surface area (Å²) in [5.41, 5.74) is 2.89. The van der Waals surface area contributed by atoms with Crippen molar-refractivity contribution in [1.82, 2.24) is 4.98 Å². The van der Waals surface area contributed by atoms with Gasteiger partial charge in [0.25, 0.3) is 0 Å². The van der Waals surface area contributed by atoms with Crippen LogP contribution in [0.15, 0.2) is 30.3 Å².